The first-order chi connectivity index (χ1) is 16.5. The number of rotatable bonds is 4. The molecular formula is C28H29BF2N3O-. The lowest BCUT2D eigenvalue weighted by atomic mass is 9.84. The molecule has 3 heterocycles. The molecule has 0 saturated carbocycles. The van der Waals surface area contributed by atoms with Crippen LogP contribution < -0.4 is 10.5 Å². The van der Waals surface area contributed by atoms with Crippen LogP contribution in [0.25, 0.3) is 17.7 Å². The number of aryl methyl sites for hydroxylation is 1. The number of halogens is 2. The Morgan fingerprint density at radius 2 is 1.69 bits per heavy atom. The number of fused-ring (bicyclic) bond motifs is 2. The van der Waals surface area contributed by atoms with Gasteiger partial charge in [0.25, 0.3) is 0 Å². The van der Waals surface area contributed by atoms with Crippen molar-refractivity contribution in [3.05, 3.63) is 101 Å². The molecule has 2 aliphatic rings. The van der Waals surface area contributed by atoms with Gasteiger partial charge in [-0.1, -0.05) is 36.4 Å². The molecule has 3 aromatic rings. The number of nitrogen functional groups attached to an aromatic ring is 1. The molecule has 2 aliphatic heterocycles. The molecule has 0 aliphatic carbocycles. The smallest absolute Gasteiger partial charge is 0.488 e. The van der Waals surface area contributed by atoms with E-state index in [2.05, 4.69) is 0 Å². The summed E-state index contributed by atoms with van der Waals surface area (Å²) in [6.45, 7) is 4.04. The van der Waals surface area contributed by atoms with Gasteiger partial charge in [0.15, 0.2) is 0 Å². The topological polar surface area (TPSA) is 43.4 Å². The van der Waals surface area contributed by atoms with Crippen molar-refractivity contribution in [2.45, 2.75) is 33.3 Å². The van der Waals surface area contributed by atoms with Crippen LogP contribution in [0.2, 0.25) is 0 Å². The summed E-state index contributed by atoms with van der Waals surface area (Å²) in [5, 5.41) is 0. The standard InChI is InChI=1S/C28H29BF2N3O/c1-19-18-23(14-7-20-8-15-24(16-9-20)35-28(2,3)4)34-27(19)26(21-10-12-22(32)13-11-21)25-6-5-17-33(25)29(34,30)31/h5-16,18H,17,32H2,1-4H3/q-1/b14-7+. The molecule has 4 nitrogen and oxygen atoms in total. The highest BCUT2D eigenvalue weighted by Crippen LogP contribution is 2.44. The fraction of sp³-hybridized carbons (Fsp3) is 0.214. The summed E-state index contributed by atoms with van der Waals surface area (Å²) in [4.78, 5) is 1.22. The molecule has 7 heteroatoms. The molecule has 2 aromatic carbocycles. The van der Waals surface area contributed by atoms with Gasteiger partial charge >= 0.3 is 6.97 Å². The second-order valence-corrected chi connectivity index (χ2v) is 10.1. The summed E-state index contributed by atoms with van der Waals surface area (Å²) < 4.78 is 38.9. The largest absolute Gasteiger partial charge is 0.529 e. The Kier molecular flexibility index (Phi) is 5.39. The Bertz CT molecular complexity index is 1360. The van der Waals surface area contributed by atoms with E-state index >= 15 is 8.63 Å². The highest BCUT2D eigenvalue weighted by atomic mass is 19.2. The first-order valence-electron chi connectivity index (χ1n) is 11.8. The molecule has 0 amide bonds. The Morgan fingerprint density at radius 1 is 1.00 bits per heavy atom. The zero-order chi connectivity index (χ0) is 25.0. The average Bonchev–Trinajstić information content (AvgIpc) is 3.40. The van der Waals surface area contributed by atoms with Gasteiger partial charge in [-0.25, -0.2) is 0 Å². The molecule has 0 saturated heterocycles. The van der Waals surface area contributed by atoms with Crippen molar-refractivity contribution in [1.29, 1.82) is 0 Å². The zero-order valence-electron chi connectivity index (χ0n) is 20.4. The van der Waals surface area contributed by atoms with Gasteiger partial charge in [-0.3, -0.25) is 0 Å². The highest BCUT2D eigenvalue weighted by Gasteiger charge is 2.44. The second-order valence-electron chi connectivity index (χ2n) is 10.1. The van der Waals surface area contributed by atoms with Gasteiger partial charge in [0.05, 0.1) is 0 Å². The van der Waals surface area contributed by atoms with E-state index in [0.29, 0.717) is 22.8 Å². The van der Waals surface area contributed by atoms with Gasteiger partial charge in [-0.15, -0.1) is 0 Å². The van der Waals surface area contributed by atoms with Gasteiger partial charge in [0.1, 0.15) is 11.4 Å². The Morgan fingerprint density at radius 3 is 2.34 bits per heavy atom. The summed E-state index contributed by atoms with van der Waals surface area (Å²) in [6, 6.07) is 16.9. The molecule has 0 bridgehead atoms. The van der Waals surface area contributed by atoms with Gasteiger partial charge < -0.3 is 28.4 Å². The summed E-state index contributed by atoms with van der Waals surface area (Å²) in [5.74, 6) is 0.771. The van der Waals surface area contributed by atoms with Crippen LogP contribution in [-0.2, 0) is 0 Å². The summed E-state index contributed by atoms with van der Waals surface area (Å²) in [6.07, 6.45) is 7.22. The van der Waals surface area contributed by atoms with Crippen molar-refractivity contribution in [3.63, 3.8) is 0 Å². The van der Waals surface area contributed by atoms with Crippen molar-refractivity contribution in [2.24, 2.45) is 0 Å². The molecule has 35 heavy (non-hydrogen) atoms. The van der Waals surface area contributed by atoms with Crippen LogP contribution >= 0.6 is 0 Å². The van der Waals surface area contributed by atoms with Gasteiger partial charge in [-0.05, 0) is 86.9 Å². The maximum absolute atomic E-state index is 15.9. The quantitative estimate of drug-likeness (QED) is 0.344. The van der Waals surface area contributed by atoms with Crippen LogP contribution in [0.3, 0.4) is 0 Å². The number of hydrogen-bond donors (Lipinski definition) is 1. The molecule has 0 spiro atoms. The van der Waals surface area contributed by atoms with E-state index in [1.54, 1.807) is 30.4 Å². The first-order valence-corrected chi connectivity index (χ1v) is 11.8. The lowest BCUT2D eigenvalue weighted by Gasteiger charge is -2.46. The predicted molar refractivity (Wildman–Crippen MR) is 141 cm³/mol. The minimum atomic E-state index is -4.01. The van der Waals surface area contributed by atoms with Crippen molar-refractivity contribution < 1.29 is 13.4 Å². The van der Waals surface area contributed by atoms with E-state index in [0.717, 1.165) is 28.0 Å². The van der Waals surface area contributed by atoms with E-state index < -0.39 is 6.97 Å². The Labute approximate surface area is 205 Å². The third-order valence-corrected chi connectivity index (χ3v) is 6.27. The van der Waals surface area contributed by atoms with E-state index in [-0.39, 0.29) is 12.1 Å². The second kappa shape index (κ2) is 8.19. The summed E-state index contributed by atoms with van der Waals surface area (Å²) >= 11 is 0. The van der Waals surface area contributed by atoms with Gasteiger partial charge in [-0.2, -0.15) is 0 Å². The highest BCUT2D eigenvalue weighted by molar-refractivity contribution is 6.63. The molecule has 5 rings (SSSR count). The minimum Gasteiger partial charge on any atom is -0.488 e. The molecule has 2 N–H and O–H groups in total. The lowest BCUT2D eigenvalue weighted by molar-refractivity contribution is 0.131. The number of ether oxygens (including phenoxy) is 1. The normalized spacial score (nSPS) is 16.7. The number of anilines is 1. The van der Waals surface area contributed by atoms with Crippen LogP contribution in [0.1, 0.15) is 48.8 Å². The van der Waals surface area contributed by atoms with E-state index in [1.165, 1.54) is 9.29 Å². The number of nitrogens with zero attached hydrogens (tertiary/aromatic N) is 2. The van der Waals surface area contributed by atoms with E-state index in [4.69, 9.17) is 10.5 Å². The van der Waals surface area contributed by atoms with Crippen LogP contribution in [0.15, 0.2) is 72.4 Å². The Balaban J connectivity index is 1.57. The molecule has 0 atom stereocenters. The fourth-order valence-corrected chi connectivity index (χ4v) is 4.83. The van der Waals surface area contributed by atoms with Gasteiger partial charge in [0.2, 0.25) is 0 Å². The van der Waals surface area contributed by atoms with Crippen molar-refractivity contribution in [2.75, 3.05) is 12.3 Å². The summed E-state index contributed by atoms with van der Waals surface area (Å²) in [5.41, 5.74) is 11.2. The monoisotopic (exact) mass is 472 g/mol. The number of nitrogens with two attached hydrogens (primary N) is 1. The van der Waals surface area contributed by atoms with Crippen LogP contribution in [0.4, 0.5) is 14.3 Å². The average molecular weight is 472 g/mol. The number of benzene rings is 2. The lowest BCUT2D eigenvalue weighted by Crippen LogP contribution is -2.54. The molecule has 1 aromatic heterocycles. The number of aromatic nitrogens is 1. The molecule has 0 fully saturated rings. The first kappa shape index (κ1) is 23.0. The van der Waals surface area contributed by atoms with Gasteiger partial charge in [0, 0.05) is 34.9 Å². The number of allylic oxidation sites excluding steroid dienone is 1. The zero-order valence-corrected chi connectivity index (χ0v) is 20.4. The van der Waals surface area contributed by atoms with Crippen LogP contribution in [0, 0.1) is 6.92 Å². The predicted octanol–water partition coefficient (Wildman–Crippen LogP) is 6.59. The summed E-state index contributed by atoms with van der Waals surface area (Å²) in [7, 11) is 0. The minimum absolute atomic E-state index is 0.176. The van der Waals surface area contributed by atoms with Crippen molar-refractivity contribution in [1.82, 2.24) is 9.29 Å². The van der Waals surface area contributed by atoms with Crippen LogP contribution in [0.5, 0.6) is 5.75 Å². The fourth-order valence-electron chi connectivity index (χ4n) is 4.83. The molecular weight excluding hydrogens is 443 g/mol. The molecule has 0 unspecified atom stereocenters. The maximum Gasteiger partial charge on any atom is 0.529 e. The SMILES string of the molecule is Cc1cc(/C=C/c2ccc(OC(C)(C)C)cc2)n2c1C(c1ccc(N)cc1)=C1C=CCN1[B-]2(F)F. The molecule has 180 valence electrons. The third-order valence-electron chi connectivity index (χ3n) is 6.27. The van der Waals surface area contributed by atoms with E-state index in [9.17, 15) is 0 Å². The Hall–Kier alpha value is -3.74. The third kappa shape index (κ3) is 4.16. The maximum atomic E-state index is 15.9. The van der Waals surface area contributed by atoms with Crippen molar-refractivity contribution >= 4 is 30.4 Å². The van der Waals surface area contributed by atoms with E-state index in [1.807, 2.05) is 76.2 Å². The number of hydrogen-bond acceptors (Lipinski definition) is 3. The van der Waals surface area contributed by atoms with Crippen LogP contribution in [-0.4, -0.2) is 28.4 Å². The van der Waals surface area contributed by atoms with Crippen molar-refractivity contribution in [3.8, 4) is 5.75 Å². The molecule has 0 radical (unpaired) electrons.